The number of ether oxygens (including phenoxy) is 1. The van der Waals surface area contributed by atoms with Gasteiger partial charge in [-0.2, -0.15) is 0 Å². The number of epoxide rings is 1. The van der Waals surface area contributed by atoms with Crippen molar-refractivity contribution in [2.75, 3.05) is 13.2 Å². The molecule has 0 unspecified atom stereocenters. The second-order valence-electron chi connectivity index (χ2n) is 3.94. The van der Waals surface area contributed by atoms with Crippen LogP contribution in [0.25, 0.3) is 0 Å². The Morgan fingerprint density at radius 2 is 2.09 bits per heavy atom. The average molecular weight is 154 g/mol. The maximum Gasteiger partial charge on any atom is 0.174 e. The van der Waals surface area contributed by atoms with Gasteiger partial charge in [-0.05, 0) is 20.8 Å². The highest BCUT2D eigenvalue weighted by atomic mass is 16.6. The molecule has 1 heterocycles. The highest BCUT2D eigenvalue weighted by Crippen LogP contribution is 2.25. The molecule has 62 valence electrons. The number of aliphatic hydroxyl groups excluding tert-OH is 1. The first-order valence-corrected chi connectivity index (χ1v) is 3.77. The fourth-order valence-corrected chi connectivity index (χ4v) is 0.592. The maximum absolute atomic E-state index is 8.83. The molecule has 1 aliphatic rings. The van der Waals surface area contributed by atoms with Crippen LogP contribution in [0.2, 0.25) is 0 Å². The molecule has 1 fully saturated rings. The summed E-state index contributed by atoms with van der Waals surface area (Å²) in [7, 11) is 0. The molecule has 0 aromatic rings. The zero-order valence-electron chi connectivity index (χ0n) is 7.27. The Labute approximate surface area is 67.6 Å². The van der Waals surface area contributed by atoms with Gasteiger partial charge in [-0.15, -0.1) is 0 Å². The van der Waals surface area contributed by atoms with Crippen molar-refractivity contribution in [2.24, 2.45) is 5.41 Å². The van der Waals surface area contributed by atoms with E-state index < -0.39 is 5.60 Å². The summed E-state index contributed by atoms with van der Waals surface area (Å²) in [5, 5.41) is 8.83. The smallest absolute Gasteiger partial charge is 0.174 e. The van der Waals surface area contributed by atoms with Gasteiger partial charge < -0.3 is 9.84 Å². The average Bonchev–Trinajstić information content (AvgIpc) is 2.63. The first-order valence-electron chi connectivity index (χ1n) is 3.77. The summed E-state index contributed by atoms with van der Waals surface area (Å²) in [5.41, 5.74) is -0.513. The van der Waals surface area contributed by atoms with Crippen molar-refractivity contribution in [1.82, 2.24) is 0 Å². The first-order chi connectivity index (χ1) is 4.97. The molecule has 1 atom stereocenters. The molecule has 0 radical (unpaired) electrons. The molecule has 1 N–H and O–H groups in total. The van der Waals surface area contributed by atoms with E-state index in [1.165, 1.54) is 0 Å². The van der Waals surface area contributed by atoms with Gasteiger partial charge in [0.2, 0.25) is 0 Å². The Kier molecular flexibility index (Phi) is 1.96. The molecule has 1 saturated heterocycles. The minimum atomic E-state index is -0.507. The highest BCUT2D eigenvalue weighted by Gasteiger charge is 2.42. The maximum atomic E-state index is 8.83. The van der Waals surface area contributed by atoms with Crippen LogP contribution in [0, 0.1) is 17.3 Å². The predicted molar refractivity (Wildman–Crippen MR) is 43.0 cm³/mol. The second kappa shape index (κ2) is 2.51. The lowest BCUT2D eigenvalue weighted by atomic mass is 9.97. The van der Waals surface area contributed by atoms with Crippen molar-refractivity contribution in [3.05, 3.63) is 0 Å². The molecule has 2 heteroatoms. The zero-order valence-corrected chi connectivity index (χ0v) is 7.27. The van der Waals surface area contributed by atoms with Crippen LogP contribution in [0.4, 0.5) is 0 Å². The van der Waals surface area contributed by atoms with Crippen LogP contribution in [0.5, 0.6) is 0 Å². The van der Waals surface area contributed by atoms with Gasteiger partial charge in [-0.1, -0.05) is 11.8 Å². The minimum absolute atomic E-state index is 0.00583. The van der Waals surface area contributed by atoms with Gasteiger partial charge in [0, 0.05) is 5.41 Å². The van der Waals surface area contributed by atoms with Crippen LogP contribution >= 0.6 is 0 Å². The molecule has 0 aliphatic carbocycles. The molecule has 0 aromatic carbocycles. The van der Waals surface area contributed by atoms with Gasteiger partial charge in [0.25, 0.3) is 0 Å². The normalized spacial score (nSPS) is 29.1. The number of aliphatic hydroxyl groups is 1. The van der Waals surface area contributed by atoms with Gasteiger partial charge in [-0.3, -0.25) is 0 Å². The van der Waals surface area contributed by atoms with E-state index >= 15 is 0 Å². The summed E-state index contributed by atoms with van der Waals surface area (Å²) in [6, 6.07) is 0. The van der Waals surface area contributed by atoms with Gasteiger partial charge in [-0.25, -0.2) is 0 Å². The number of hydrogen-bond donors (Lipinski definition) is 1. The van der Waals surface area contributed by atoms with Crippen molar-refractivity contribution >= 4 is 0 Å². The van der Waals surface area contributed by atoms with Crippen LogP contribution in [-0.4, -0.2) is 23.9 Å². The summed E-state index contributed by atoms with van der Waals surface area (Å²) in [6.07, 6.45) is 0. The lowest BCUT2D eigenvalue weighted by Gasteiger charge is -2.07. The molecule has 0 amide bonds. The lowest BCUT2D eigenvalue weighted by molar-refractivity contribution is 0.209. The Hall–Kier alpha value is -0.520. The van der Waals surface area contributed by atoms with E-state index in [1.807, 2.05) is 20.8 Å². The molecular weight excluding hydrogens is 140 g/mol. The third-order valence-corrected chi connectivity index (χ3v) is 1.41. The van der Waals surface area contributed by atoms with Crippen LogP contribution < -0.4 is 0 Å². The molecule has 0 saturated carbocycles. The lowest BCUT2D eigenvalue weighted by Crippen LogP contribution is -2.14. The first kappa shape index (κ1) is 8.58. The quantitative estimate of drug-likeness (QED) is 0.447. The van der Waals surface area contributed by atoms with Gasteiger partial charge in [0.1, 0.15) is 0 Å². The van der Waals surface area contributed by atoms with Crippen molar-refractivity contribution in [3.63, 3.8) is 0 Å². The Morgan fingerprint density at radius 1 is 1.55 bits per heavy atom. The number of rotatable bonds is 1. The fourth-order valence-electron chi connectivity index (χ4n) is 0.592. The minimum Gasteiger partial charge on any atom is -0.392 e. The van der Waals surface area contributed by atoms with E-state index in [2.05, 4.69) is 11.8 Å². The Bertz CT molecular complexity index is 198. The SMILES string of the molecule is CC(C)(C)C#C[C@@]1(CO)CO1. The molecule has 0 spiro atoms. The predicted octanol–water partition coefficient (Wildman–Crippen LogP) is 0.797. The molecule has 2 nitrogen and oxygen atoms in total. The van der Waals surface area contributed by atoms with Crippen LogP contribution in [0.1, 0.15) is 20.8 Å². The summed E-state index contributed by atoms with van der Waals surface area (Å²) in [4.78, 5) is 0. The Balaban J connectivity index is 2.57. The van der Waals surface area contributed by atoms with Gasteiger partial charge in [0.15, 0.2) is 5.60 Å². The summed E-state index contributed by atoms with van der Waals surface area (Å²) < 4.78 is 5.02. The summed E-state index contributed by atoms with van der Waals surface area (Å²) in [6.45, 7) is 6.69. The molecule has 11 heavy (non-hydrogen) atoms. The monoisotopic (exact) mass is 154 g/mol. The number of hydrogen-bond acceptors (Lipinski definition) is 2. The van der Waals surface area contributed by atoms with Crippen molar-refractivity contribution in [1.29, 1.82) is 0 Å². The van der Waals surface area contributed by atoms with Crippen LogP contribution in [0.3, 0.4) is 0 Å². The molecule has 1 rings (SSSR count). The van der Waals surface area contributed by atoms with E-state index in [-0.39, 0.29) is 12.0 Å². The topological polar surface area (TPSA) is 32.8 Å². The van der Waals surface area contributed by atoms with Gasteiger partial charge >= 0.3 is 0 Å². The van der Waals surface area contributed by atoms with E-state index in [0.717, 1.165) is 0 Å². The standard InChI is InChI=1S/C9H14O2/c1-8(2,3)4-5-9(6-10)7-11-9/h10H,6-7H2,1-3H3/t9-/m1/s1. The van der Waals surface area contributed by atoms with E-state index in [0.29, 0.717) is 6.61 Å². The van der Waals surface area contributed by atoms with E-state index in [1.54, 1.807) is 0 Å². The van der Waals surface area contributed by atoms with E-state index in [9.17, 15) is 0 Å². The van der Waals surface area contributed by atoms with Crippen LogP contribution in [0.15, 0.2) is 0 Å². The summed E-state index contributed by atoms with van der Waals surface area (Å²) in [5.74, 6) is 5.98. The molecular formula is C9H14O2. The van der Waals surface area contributed by atoms with Crippen molar-refractivity contribution in [3.8, 4) is 11.8 Å². The van der Waals surface area contributed by atoms with Crippen molar-refractivity contribution in [2.45, 2.75) is 26.4 Å². The summed E-state index contributed by atoms with van der Waals surface area (Å²) >= 11 is 0. The third kappa shape index (κ3) is 2.53. The largest absolute Gasteiger partial charge is 0.392 e. The highest BCUT2D eigenvalue weighted by molar-refractivity contribution is 5.23. The van der Waals surface area contributed by atoms with Crippen LogP contribution in [-0.2, 0) is 4.74 Å². The van der Waals surface area contributed by atoms with Crippen molar-refractivity contribution < 1.29 is 9.84 Å². The molecule has 0 aromatic heterocycles. The fraction of sp³-hybridized carbons (Fsp3) is 0.778. The molecule has 1 aliphatic heterocycles. The second-order valence-corrected chi connectivity index (χ2v) is 3.94. The van der Waals surface area contributed by atoms with Gasteiger partial charge in [0.05, 0.1) is 13.2 Å². The Morgan fingerprint density at radius 3 is 2.36 bits per heavy atom. The zero-order chi connectivity index (χ0) is 8.54. The van der Waals surface area contributed by atoms with E-state index in [4.69, 9.17) is 9.84 Å². The third-order valence-electron chi connectivity index (χ3n) is 1.41. The molecule has 0 bridgehead atoms.